The number of rotatable bonds is 7. The molecule has 0 aliphatic rings. The maximum absolute atomic E-state index is 12.5. The molecule has 1 aromatic heterocycles. The molecule has 0 fully saturated rings. The van der Waals surface area contributed by atoms with E-state index in [0.29, 0.717) is 23.2 Å². The van der Waals surface area contributed by atoms with Gasteiger partial charge in [0, 0.05) is 30.4 Å². The number of fused-ring (bicyclic) bond motifs is 1. The van der Waals surface area contributed by atoms with Crippen LogP contribution < -0.4 is 10.6 Å². The Morgan fingerprint density at radius 1 is 0.906 bits per heavy atom. The first-order valence-electron chi connectivity index (χ1n) is 10.3. The highest BCUT2D eigenvalue weighted by Crippen LogP contribution is 2.26. The van der Waals surface area contributed by atoms with Crippen molar-refractivity contribution in [2.45, 2.75) is 25.5 Å². The van der Waals surface area contributed by atoms with Crippen molar-refractivity contribution in [2.24, 2.45) is 0 Å². The highest BCUT2D eigenvalue weighted by molar-refractivity contribution is 7.99. The number of hydrogen-bond acceptors (Lipinski definition) is 5. The van der Waals surface area contributed by atoms with Gasteiger partial charge in [-0.1, -0.05) is 54.2 Å². The summed E-state index contributed by atoms with van der Waals surface area (Å²) in [5, 5.41) is 17.2. The van der Waals surface area contributed by atoms with E-state index in [1.54, 1.807) is 0 Å². The number of thioether (sulfide) groups is 1. The topological polar surface area (TPSA) is 88.9 Å². The maximum atomic E-state index is 12.5. The summed E-state index contributed by atoms with van der Waals surface area (Å²) in [6.45, 7) is 4.13. The van der Waals surface area contributed by atoms with E-state index < -0.39 is 0 Å². The molecule has 2 amide bonds. The summed E-state index contributed by atoms with van der Waals surface area (Å²) >= 11 is 1.34. The van der Waals surface area contributed by atoms with Gasteiger partial charge in [-0.2, -0.15) is 0 Å². The number of nitrogens with zero attached hydrogens (tertiary/aromatic N) is 3. The van der Waals surface area contributed by atoms with Crippen LogP contribution in [0.2, 0.25) is 0 Å². The Labute approximate surface area is 190 Å². The van der Waals surface area contributed by atoms with Gasteiger partial charge in [0.2, 0.25) is 11.8 Å². The number of benzene rings is 3. The molecule has 2 N–H and O–H groups in total. The molecule has 3 aromatic carbocycles. The zero-order valence-corrected chi connectivity index (χ0v) is 18.6. The minimum absolute atomic E-state index is 0.106. The maximum Gasteiger partial charge on any atom is 0.234 e. The van der Waals surface area contributed by atoms with Gasteiger partial charge in [-0.25, -0.2) is 0 Å². The van der Waals surface area contributed by atoms with Gasteiger partial charge in [-0.15, -0.1) is 10.2 Å². The van der Waals surface area contributed by atoms with Gasteiger partial charge < -0.3 is 15.2 Å². The summed E-state index contributed by atoms with van der Waals surface area (Å²) in [5.74, 6) is 0.673. The number of nitrogens with one attached hydrogen (secondary N) is 2. The summed E-state index contributed by atoms with van der Waals surface area (Å²) in [6.07, 6.45) is 0. The number of hydrogen-bond donors (Lipinski definition) is 2. The molecule has 0 unspecified atom stereocenters. The number of carbonyl (C=O) groups excluding carboxylic acids is 2. The van der Waals surface area contributed by atoms with Gasteiger partial charge in [0.05, 0.1) is 5.75 Å². The lowest BCUT2D eigenvalue weighted by Gasteiger charge is -2.09. The van der Waals surface area contributed by atoms with Crippen molar-refractivity contribution < 1.29 is 9.59 Å². The average Bonchev–Trinajstić information content (AvgIpc) is 3.20. The molecule has 0 saturated carbocycles. The van der Waals surface area contributed by atoms with Crippen molar-refractivity contribution in [1.29, 1.82) is 0 Å². The van der Waals surface area contributed by atoms with Crippen LogP contribution >= 0.6 is 11.8 Å². The molecule has 0 aliphatic heterocycles. The van der Waals surface area contributed by atoms with E-state index in [9.17, 15) is 9.59 Å². The summed E-state index contributed by atoms with van der Waals surface area (Å²) in [7, 11) is 0. The quantitative estimate of drug-likeness (QED) is 0.399. The molecule has 7 nitrogen and oxygen atoms in total. The smallest absolute Gasteiger partial charge is 0.234 e. The third-order valence-electron chi connectivity index (χ3n) is 4.84. The lowest BCUT2D eigenvalue weighted by molar-refractivity contribution is -0.114. The second kappa shape index (κ2) is 9.65. The third kappa shape index (κ3) is 4.97. The minimum Gasteiger partial charge on any atom is -0.326 e. The lowest BCUT2D eigenvalue weighted by atomic mass is 10.1. The Balaban J connectivity index is 1.45. The van der Waals surface area contributed by atoms with Crippen LogP contribution in [0.4, 0.5) is 11.4 Å². The summed E-state index contributed by atoms with van der Waals surface area (Å²) < 4.78 is 1.96. The van der Waals surface area contributed by atoms with E-state index >= 15 is 0 Å². The molecule has 0 aliphatic carbocycles. The summed E-state index contributed by atoms with van der Waals surface area (Å²) in [4.78, 5) is 23.9. The Morgan fingerprint density at radius 2 is 1.69 bits per heavy atom. The fourth-order valence-electron chi connectivity index (χ4n) is 3.43. The first kappa shape index (κ1) is 21.6. The molecule has 32 heavy (non-hydrogen) atoms. The van der Waals surface area contributed by atoms with Crippen LogP contribution in [0.15, 0.2) is 71.9 Å². The molecule has 0 saturated heterocycles. The fourth-order valence-corrected chi connectivity index (χ4v) is 4.23. The number of anilines is 2. The zero-order chi connectivity index (χ0) is 22.5. The normalized spacial score (nSPS) is 10.8. The van der Waals surface area contributed by atoms with Crippen molar-refractivity contribution in [2.75, 3.05) is 16.4 Å². The molecule has 0 spiro atoms. The summed E-state index contributed by atoms with van der Waals surface area (Å²) in [5.41, 5.74) is 2.31. The highest BCUT2D eigenvalue weighted by Gasteiger charge is 2.15. The van der Waals surface area contributed by atoms with Crippen LogP contribution in [0.3, 0.4) is 0 Å². The van der Waals surface area contributed by atoms with Crippen molar-refractivity contribution in [3.63, 3.8) is 0 Å². The Kier molecular flexibility index (Phi) is 6.51. The Morgan fingerprint density at radius 3 is 2.47 bits per heavy atom. The highest BCUT2D eigenvalue weighted by atomic mass is 32.2. The minimum atomic E-state index is -0.132. The summed E-state index contributed by atoms with van der Waals surface area (Å²) in [6, 6.07) is 21.4. The van der Waals surface area contributed by atoms with Gasteiger partial charge in [-0.3, -0.25) is 9.59 Å². The number of amides is 2. The second-order valence-corrected chi connectivity index (χ2v) is 8.15. The Hall–Kier alpha value is -3.65. The predicted molar refractivity (Wildman–Crippen MR) is 129 cm³/mol. The molecule has 8 heteroatoms. The van der Waals surface area contributed by atoms with Crippen LogP contribution in [0.5, 0.6) is 0 Å². The van der Waals surface area contributed by atoms with Crippen LogP contribution in [-0.2, 0) is 16.1 Å². The first-order chi connectivity index (χ1) is 15.5. The van der Waals surface area contributed by atoms with Crippen molar-refractivity contribution in [3.8, 4) is 11.4 Å². The van der Waals surface area contributed by atoms with Crippen molar-refractivity contribution >= 4 is 45.7 Å². The van der Waals surface area contributed by atoms with Crippen LogP contribution in [-0.4, -0.2) is 32.3 Å². The second-order valence-electron chi connectivity index (χ2n) is 7.21. The fraction of sp³-hybridized carbons (Fsp3) is 0.167. The lowest BCUT2D eigenvalue weighted by Crippen LogP contribution is -2.14. The number of aromatic nitrogens is 3. The van der Waals surface area contributed by atoms with Crippen molar-refractivity contribution in [3.05, 3.63) is 66.7 Å². The molecule has 1 heterocycles. The van der Waals surface area contributed by atoms with E-state index in [2.05, 4.69) is 20.8 Å². The van der Waals surface area contributed by atoms with Gasteiger partial charge in [0.25, 0.3) is 0 Å². The molecule has 0 atom stereocenters. The van der Waals surface area contributed by atoms with E-state index in [1.807, 2.05) is 78.2 Å². The first-order valence-corrected chi connectivity index (χ1v) is 11.2. The van der Waals surface area contributed by atoms with E-state index in [-0.39, 0.29) is 17.6 Å². The molecular weight excluding hydrogens is 422 g/mol. The molecular formula is C24H23N5O2S. The molecule has 162 valence electrons. The zero-order valence-electron chi connectivity index (χ0n) is 17.8. The SMILES string of the molecule is CCn1c(SCC(=O)Nc2ccc3ccccc3c2)nnc1-c1cccc(NC(C)=O)c1. The van der Waals surface area contributed by atoms with Gasteiger partial charge in [0.15, 0.2) is 11.0 Å². The average molecular weight is 446 g/mol. The van der Waals surface area contributed by atoms with Gasteiger partial charge >= 0.3 is 0 Å². The van der Waals surface area contributed by atoms with Crippen molar-refractivity contribution in [1.82, 2.24) is 14.8 Å². The standard InChI is InChI=1S/C24H23N5O2S/c1-3-29-23(19-9-6-10-20(14-19)25-16(2)30)27-28-24(29)32-15-22(31)26-21-12-11-17-7-4-5-8-18(17)13-21/h4-14H,3,15H2,1-2H3,(H,25,30)(H,26,31). The monoisotopic (exact) mass is 445 g/mol. The van der Waals surface area contributed by atoms with Crippen LogP contribution in [0.25, 0.3) is 22.2 Å². The molecule has 0 radical (unpaired) electrons. The van der Waals surface area contributed by atoms with Gasteiger partial charge in [-0.05, 0) is 42.0 Å². The van der Waals surface area contributed by atoms with E-state index in [4.69, 9.17) is 0 Å². The molecule has 4 rings (SSSR count). The largest absolute Gasteiger partial charge is 0.326 e. The Bertz CT molecular complexity index is 1280. The van der Waals surface area contributed by atoms with E-state index in [0.717, 1.165) is 22.0 Å². The van der Waals surface area contributed by atoms with Crippen LogP contribution in [0, 0.1) is 0 Å². The van der Waals surface area contributed by atoms with E-state index in [1.165, 1.54) is 18.7 Å². The molecule has 4 aromatic rings. The number of carbonyl (C=O) groups is 2. The van der Waals surface area contributed by atoms with Gasteiger partial charge in [0.1, 0.15) is 0 Å². The third-order valence-corrected chi connectivity index (χ3v) is 5.81. The molecule has 0 bridgehead atoms. The van der Waals surface area contributed by atoms with Crippen LogP contribution in [0.1, 0.15) is 13.8 Å². The predicted octanol–water partition coefficient (Wildman–Crippen LogP) is 4.81.